The van der Waals surface area contributed by atoms with E-state index in [-0.39, 0.29) is 12.0 Å². The molecule has 1 saturated heterocycles. The zero-order valence-corrected chi connectivity index (χ0v) is 10.2. The van der Waals surface area contributed by atoms with Crippen molar-refractivity contribution in [2.75, 3.05) is 12.3 Å². The van der Waals surface area contributed by atoms with Crippen molar-refractivity contribution in [3.05, 3.63) is 23.0 Å². The molecule has 1 aliphatic heterocycles. The summed E-state index contributed by atoms with van der Waals surface area (Å²) >= 11 is 5.95. The van der Waals surface area contributed by atoms with E-state index in [9.17, 15) is 0 Å². The number of ether oxygens (including phenoxy) is 1. The van der Waals surface area contributed by atoms with Crippen LogP contribution >= 0.6 is 11.6 Å². The van der Waals surface area contributed by atoms with Gasteiger partial charge in [0.05, 0.1) is 29.3 Å². The molecule has 1 aliphatic rings. The molecule has 0 saturated carbocycles. The Morgan fingerprint density at radius 2 is 2.29 bits per heavy atom. The number of fused-ring (bicyclic) bond motifs is 1. The fraction of sp³-hybridized carbons (Fsp3) is 0.417. The molecule has 2 aromatic rings. The van der Waals surface area contributed by atoms with Crippen molar-refractivity contribution in [3.63, 3.8) is 0 Å². The Morgan fingerprint density at radius 3 is 3.00 bits per heavy atom. The van der Waals surface area contributed by atoms with Crippen LogP contribution in [0.15, 0.2) is 16.5 Å². The minimum absolute atomic E-state index is 0.234. The Kier molecular flexibility index (Phi) is 2.49. The minimum Gasteiger partial charge on any atom is -0.440 e. The SMILES string of the molecule is CC1CC(c2nc3cc(Cl)c(N)cc3o2)CO1. The van der Waals surface area contributed by atoms with E-state index in [1.807, 2.05) is 0 Å². The molecule has 0 bridgehead atoms. The fourth-order valence-electron chi connectivity index (χ4n) is 2.15. The second-order valence-electron chi connectivity index (χ2n) is 4.47. The molecule has 5 heteroatoms. The van der Waals surface area contributed by atoms with Gasteiger partial charge in [-0.05, 0) is 19.4 Å². The minimum atomic E-state index is 0.234. The summed E-state index contributed by atoms with van der Waals surface area (Å²) in [4.78, 5) is 4.44. The first-order valence-corrected chi connectivity index (χ1v) is 5.98. The zero-order valence-electron chi connectivity index (χ0n) is 9.44. The van der Waals surface area contributed by atoms with Gasteiger partial charge < -0.3 is 14.9 Å². The van der Waals surface area contributed by atoms with Crippen LogP contribution in [0.2, 0.25) is 5.02 Å². The van der Waals surface area contributed by atoms with Crippen molar-refractivity contribution in [1.29, 1.82) is 0 Å². The Balaban J connectivity index is 2.02. The molecular formula is C12H13ClN2O2. The Labute approximate surface area is 104 Å². The third-order valence-electron chi connectivity index (χ3n) is 3.07. The van der Waals surface area contributed by atoms with Gasteiger partial charge in [-0.3, -0.25) is 0 Å². The number of rotatable bonds is 1. The van der Waals surface area contributed by atoms with Crippen molar-refractivity contribution in [3.8, 4) is 0 Å². The van der Waals surface area contributed by atoms with E-state index in [1.54, 1.807) is 12.1 Å². The highest BCUT2D eigenvalue weighted by molar-refractivity contribution is 6.33. The van der Waals surface area contributed by atoms with E-state index in [1.165, 1.54) is 0 Å². The number of hydrogen-bond acceptors (Lipinski definition) is 4. The first-order valence-electron chi connectivity index (χ1n) is 5.60. The van der Waals surface area contributed by atoms with Gasteiger partial charge in [0.15, 0.2) is 5.58 Å². The molecule has 0 spiro atoms. The van der Waals surface area contributed by atoms with Crippen LogP contribution in [-0.4, -0.2) is 17.7 Å². The normalized spacial score (nSPS) is 24.6. The topological polar surface area (TPSA) is 61.3 Å². The number of anilines is 1. The summed E-state index contributed by atoms with van der Waals surface area (Å²) in [6.45, 7) is 2.72. The van der Waals surface area contributed by atoms with Crippen LogP contribution in [0.4, 0.5) is 5.69 Å². The smallest absolute Gasteiger partial charge is 0.201 e. The van der Waals surface area contributed by atoms with Gasteiger partial charge in [-0.1, -0.05) is 11.6 Å². The van der Waals surface area contributed by atoms with Crippen molar-refractivity contribution in [2.24, 2.45) is 0 Å². The van der Waals surface area contributed by atoms with Gasteiger partial charge in [0.2, 0.25) is 5.89 Å². The molecule has 1 fully saturated rings. The molecule has 90 valence electrons. The number of oxazole rings is 1. The van der Waals surface area contributed by atoms with E-state index in [0.717, 1.165) is 11.9 Å². The van der Waals surface area contributed by atoms with Crippen LogP contribution in [0.1, 0.15) is 25.2 Å². The highest BCUT2D eigenvalue weighted by Crippen LogP contribution is 2.32. The van der Waals surface area contributed by atoms with E-state index < -0.39 is 0 Å². The summed E-state index contributed by atoms with van der Waals surface area (Å²) in [5.41, 5.74) is 7.67. The number of benzene rings is 1. The molecule has 0 radical (unpaired) electrons. The first-order chi connectivity index (χ1) is 8.13. The molecule has 1 aromatic heterocycles. The second-order valence-corrected chi connectivity index (χ2v) is 4.88. The van der Waals surface area contributed by atoms with Gasteiger partial charge >= 0.3 is 0 Å². The number of halogens is 1. The Hall–Kier alpha value is -1.26. The predicted octanol–water partition coefficient (Wildman–Crippen LogP) is 2.96. The first kappa shape index (κ1) is 10.9. The summed E-state index contributed by atoms with van der Waals surface area (Å²) in [5, 5.41) is 0.508. The van der Waals surface area contributed by atoms with Crippen LogP contribution in [-0.2, 0) is 4.74 Å². The molecule has 2 unspecified atom stereocenters. The number of nitrogens with zero attached hydrogens (tertiary/aromatic N) is 1. The van der Waals surface area contributed by atoms with Crippen LogP contribution in [0.3, 0.4) is 0 Å². The van der Waals surface area contributed by atoms with Gasteiger partial charge in [0, 0.05) is 6.07 Å². The standard InChI is InChI=1S/C12H13ClN2O2/c1-6-2-7(5-16-6)12-15-10-3-8(13)9(14)4-11(10)17-12/h3-4,6-7H,2,5,14H2,1H3. The van der Waals surface area contributed by atoms with E-state index in [0.29, 0.717) is 28.8 Å². The van der Waals surface area contributed by atoms with Crippen molar-refractivity contribution < 1.29 is 9.15 Å². The van der Waals surface area contributed by atoms with E-state index in [2.05, 4.69) is 11.9 Å². The molecule has 2 atom stereocenters. The van der Waals surface area contributed by atoms with Crippen molar-refractivity contribution in [1.82, 2.24) is 4.98 Å². The fourth-order valence-corrected chi connectivity index (χ4v) is 2.30. The lowest BCUT2D eigenvalue weighted by Crippen LogP contribution is -1.97. The van der Waals surface area contributed by atoms with E-state index in [4.69, 9.17) is 26.5 Å². The number of aromatic nitrogens is 1. The van der Waals surface area contributed by atoms with Crippen molar-refractivity contribution in [2.45, 2.75) is 25.4 Å². The number of nitrogen functional groups attached to an aromatic ring is 1. The predicted molar refractivity (Wildman–Crippen MR) is 66.2 cm³/mol. The Morgan fingerprint density at radius 1 is 1.47 bits per heavy atom. The third kappa shape index (κ3) is 1.87. The molecule has 2 heterocycles. The Bertz CT molecular complexity index is 528. The maximum atomic E-state index is 5.95. The molecule has 3 rings (SSSR count). The monoisotopic (exact) mass is 252 g/mol. The second kappa shape index (κ2) is 3.89. The van der Waals surface area contributed by atoms with Gasteiger partial charge in [-0.15, -0.1) is 0 Å². The van der Waals surface area contributed by atoms with Crippen LogP contribution in [0, 0.1) is 0 Å². The molecule has 0 amide bonds. The van der Waals surface area contributed by atoms with E-state index >= 15 is 0 Å². The largest absolute Gasteiger partial charge is 0.440 e. The summed E-state index contributed by atoms with van der Waals surface area (Å²) in [7, 11) is 0. The van der Waals surface area contributed by atoms with Gasteiger partial charge in [-0.25, -0.2) is 4.98 Å². The molecule has 1 aromatic carbocycles. The maximum Gasteiger partial charge on any atom is 0.201 e. The summed E-state index contributed by atoms with van der Waals surface area (Å²) in [5.74, 6) is 0.948. The van der Waals surface area contributed by atoms with Gasteiger partial charge in [0.25, 0.3) is 0 Å². The third-order valence-corrected chi connectivity index (χ3v) is 3.40. The average Bonchev–Trinajstić information content (AvgIpc) is 2.85. The van der Waals surface area contributed by atoms with Crippen molar-refractivity contribution >= 4 is 28.4 Å². The summed E-state index contributed by atoms with van der Waals surface area (Å²) < 4.78 is 11.2. The average molecular weight is 253 g/mol. The van der Waals surface area contributed by atoms with Gasteiger partial charge in [0.1, 0.15) is 5.52 Å². The summed E-state index contributed by atoms with van der Waals surface area (Å²) in [6.07, 6.45) is 1.21. The lowest BCUT2D eigenvalue weighted by molar-refractivity contribution is 0.122. The lowest BCUT2D eigenvalue weighted by Gasteiger charge is -1.99. The highest BCUT2D eigenvalue weighted by atomic mass is 35.5. The highest BCUT2D eigenvalue weighted by Gasteiger charge is 2.27. The molecule has 4 nitrogen and oxygen atoms in total. The lowest BCUT2D eigenvalue weighted by atomic mass is 10.1. The quantitative estimate of drug-likeness (QED) is 0.793. The summed E-state index contributed by atoms with van der Waals surface area (Å²) in [6, 6.07) is 3.45. The van der Waals surface area contributed by atoms with Crippen LogP contribution in [0.25, 0.3) is 11.1 Å². The van der Waals surface area contributed by atoms with Crippen LogP contribution < -0.4 is 5.73 Å². The number of hydrogen-bond donors (Lipinski definition) is 1. The zero-order chi connectivity index (χ0) is 12.0. The molecule has 17 heavy (non-hydrogen) atoms. The van der Waals surface area contributed by atoms with Crippen LogP contribution in [0.5, 0.6) is 0 Å². The maximum absolute atomic E-state index is 5.95. The van der Waals surface area contributed by atoms with Gasteiger partial charge in [-0.2, -0.15) is 0 Å². The molecular weight excluding hydrogens is 240 g/mol. The molecule has 2 N–H and O–H groups in total. The number of nitrogens with two attached hydrogens (primary N) is 1. The molecule has 0 aliphatic carbocycles.